The van der Waals surface area contributed by atoms with Gasteiger partial charge in [-0.2, -0.15) is 4.31 Å². The lowest BCUT2D eigenvalue weighted by Crippen LogP contribution is -2.30. The highest BCUT2D eigenvalue weighted by Crippen LogP contribution is 2.37. The molecule has 0 amide bonds. The quantitative estimate of drug-likeness (QED) is 0.538. The van der Waals surface area contributed by atoms with Crippen LogP contribution in [0.4, 0.5) is 4.39 Å². The zero-order valence-corrected chi connectivity index (χ0v) is 6.22. The van der Waals surface area contributed by atoms with Gasteiger partial charge in [0.2, 0.25) is 0 Å². The zero-order valence-electron chi connectivity index (χ0n) is 5.40. The number of nitrogens with two attached hydrogens (primary N) is 1. The first-order chi connectivity index (χ1) is 4.50. The summed E-state index contributed by atoms with van der Waals surface area (Å²) in [5, 5.41) is 4.96. The molecule has 4 nitrogen and oxygen atoms in total. The molecule has 0 aromatic rings. The van der Waals surface area contributed by atoms with Gasteiger partial charge in [-0.15, -0.1) is 0 Å². The molecule has 6 heteroatoms. The van der Waals surface area contributed by atoms with Crippen molar-refractivity contribution in [1.29, 1.82) is 0 Å². The summed E-state index contributed by atoms with van der Waals surface area (Å²) in [7, 11) is -3.14. The third kappa shape index (κ3) is 1.80. The molecule has 0 aliphatic carbocycles. The number of alkyl halides is 1. The van der Waals surface area contributed by atoms with Crippen LogP contribution in [0.15, 0.2) is 0 Å². The lowest BCUT2D eigenvalue weighted by Gasteiger charge is -2.35. The summed E-state index contributed by atoms with van der Waals surface area (Å²) in [5.74, 6) is 0. The van der Waals surface area contributed by atoms with Gasteiger partial charge in [0.1, 0.15) is 6.17 Å². The van der Waals surface area contributed by atoms with Gasteiger partial charge in [-0.05, 0) is 6.42 Å². The molecule has 1 atom stereocenters. The highest BCUT2D eigenvalue weighted by Gasteiger charge is 2.28. The van der Waals surface area contributed by atoms with E-state index in [0.717, 1.165) is 4.31 Å². The van der Waals surface area contributed by atoms with E-state index >= 15 is 0 Å². The molecule has 0 aromatic heterocycles. The van der Waals surface area contributed by atoms with Gasteiger partial charge < -0.3 is 0 Å². The van der Waals surface area contributed by atoms with Crippen molar-refractivity contribution in [2.75, 3.05) is 13.1 Å². The fourth-order valence-corrected chi connectivity index (χ4v) is 1.69. The molecule has 10 heavy (non-hydrogen) atoms. The van der Waals surface area contributed by atoms with Crippen LogP contribution < -0.4 is 5.14 Å². The molecule has 62 valence electrons. The molecule has 0 radical (unpaired) electrons. The number of nitrogens with zero attached hydrogens (tertiary/aromatic N) is 1. The van der Waals surface area contributed by atoms with E-state index in [0.29, 0.717) is 13.0 Å². The van der Waals surface area contributed by atoms with E-state index in [1.165, 1.54) is 0 Å². The Hall–Kier alpha value is 0.120. The van der Waals surface area contributed by atoms with Gasteiger partial charge >= 0.3 is 0 Å². The normalized spacial score (nSPS) is 31.0. The van der Waals surface area contributed by atoms with Crippen molar-refractivity contribution in [3.05, 3.63) is 0 Å². The molecule has 1 fully saturated rings. The molecular formula is C4H11FN2O2S. The Bertz CT molecular complexity index is 129. The molecule has 1 saturated heterocycles. The summed E-state index contributed by atoms with van der Waals surface area (Å²) < 4.78 is 31.2. The van der Waals surface area contributed by atoms with Crippen LogP contribution in [0.2, 0.25) is 0 Å². The Morgan fingerprint density at radius 1 is 1.60 bits per heavy atom. The first-order valence-electron chi connectivity index (χ1n) is 2.95. The van der Waals surface area contributed by atoms with Gasteiger partial charge in [0.25, 0.3) is 0 Å². The number of halogens is 1. The van der Waals surface area contributed by atoms with E-state index in [9.17, 15) is 4.39 Å². The summed E-state index contributed by atoms with van der Waals surface area (Å²) in [5.41, 5.74) is 0. The first-order valence-corrected chi connectivity index (χ1v) is 4.52. The predicted molar refractivity (Wildman–Crippen MR) is 38.1 cm³/mol. The van der Waals surface area contributed by atoms with Crippen LogP contribution in [0.5, 0.6) is 0 Å². The van der Waals surface area contributed by atoms with Gasteiger partial charge in [-0.1, -0.05) is 11.0 Å². The van der Waals surface area contributed by atoms with Crippen LogP contribution in [-0.2, 0) is 0 Å². The minimum Gasteiger partial charge on any atom is -0.273 e. The molecule has 0 aromatic carbocycles. The molecule has 0 saturated carbocycles. The molecule has 0 bridgehead atoms. The summed E-state index contributed by atoms with van der Waals surface area (Å²) in [6.07, 6.45) is -0.623. The molecule has 1 rings (SSSR count). The maximum Gasteiger partial charge on any atom is 0.116 e. The van der Waals surface area contributed by atoms with Crippen molar-refractivity contribution < 1.29 is 13.5 Å². The van der Waals surface area contributed by atoms with Crippen LogP contribution >= 0.6 is 11.0 Å². The van der Waals surface area contributed by atoms with Crippen LogP contribution in [0.1, 0.15) is 6.42 Å². The maximum absolute atomic E-state index is 12.4. The van der Waals surface area contributed by atoms with Crippen molar-refractivity contribution in [3.8, 4) is 0 Å². The van der Waals surface area contributed by atoms with E-state index in [1.807, 2.05) is 0 Å². The van der Waals surface area contributed by atoms with E-state index < -0.39 is 17.1 Å². The van der Waals surface area contributed by atoms with E-state index in [1.54, 1.807) is 0 Å². The minimum atomic E-state index is -3.14. The molecular weight excluding hydrogens is 159 g/mol. The maximum atomic E-state index is 12.4. The molecule has 1 heterocycles. The Morgan fingerprint density at radius 2 is 2.20 bits per heavy atom. The van der Waals surface area contributed by atoms with Gasteiger partial charge in [0.15, 0.2) is 0 Å². The summed E-state index contributed by atoms with van der Waals surface area (Å²) >= 11 is 0. The minimum absolute atomic E-state index is 0.0405. The topological polar surface area (TPSA) is 69.7 Å². The van der Waals surface area contributed by atoms with Gasteiger partial charge in [-0.25, -0.2) is 9.53 Å². The molecule has 1 unspecified atom stereocenters. The second-order valence-corrected chi connectivity index (χ2v) is 3.97. The molecule has 1 aliphatic heterocycles. The predicted octanol–water partition coefficient (Wildman–Crippen LogP) is 0.569. The zero-order chi connectivity index (χ0) is 7.78. The monoisotopic (exact) mass is 170 g/mol. The number of hydrogen-bond acceptors (Lipinski definition) is 4. The van der Waals surface area contributed by atoms with Crippen LogP contribution in [0.25, 0.3) is 0 Å². The Morgan fingerprint density at radius 3 is 2.40 bits per heavy atom. The molecule has 0 spiro atoms. The van der Waals surface area contributed by atoms with E-state index in [-0.39, 0.29) is 6.54 Å². The lowest BCUT2D eigenvalue weighted by molar-refractivity contribution is 0.328. The first kappa shape index (κ1) is 8.22. The van der Waals surface area contributed by atoms with Crippen molar-refractivity contribution >= 4 is 11.0 Å². The largest absolute Gasteiger partial charge is 0.273 e. The van der Waals surface area contributed by atoms with Gasteiger partial charge in [-0.3, -0.25) is 9.11 Å². The Labute approximate surface area is 60.4 Å². The van der Waals surface area contributed by atoms with Crippen LogP contribution in [0, 0.1) is 0 Å². The summed E-state index contributed by atoms with van der Waals surface area (Å²) in [6, 6.07) is 0. The van der Waals surface area contributed by atoms with E-state index in [4.69, 9.17) is 14.2 Å². The fraction of sp³-hybridized carbons (Fsp3) is 1.00. The smallest absolute Gasteiger partial charge is 0.116 e. The van der Waals surface area contributed by atoms with Crippen LogP contribution in [-0.4, -0.2) is 32.7 Å². The van der Waals surface area contributed by atoms with Crippen molar-refractivity contribution in [1.82, 2.24) is 4.31 Å². The highest BCUT2D eigenvalue weighted by atomic mass is 32.3. The van der Waals surface area contributed by atoms with Gasteiger partial charge in [0.05, 0.1) is 6.54 Å². The molecule has 4 N–H and O–H groups in total. The van der Waals surface area contributed by atoms with Crippen molar-refractivity contribution in [3.63, 3.8) is 0 Å². The fourth-order valence-electron chi connectivity index (χ4n) is 0.932. The van der Waals surface area contributed by atoms with Crippen LogP contribution in [0.3, 0.4) is 0 Å². The second-order valence-electron chi connectivity index (χ2n) is 2.34. The number of rotatable bonds is 1. The second kappa shape index (κ2) is 2.63. The highest BCUT2D eigenvalue weighted by molar-refractivity contribution is 8.20. The lowest BCUT2D eigenvalue weighted by atomic mass is 10.4. The van der Waals surface area contributed by atoms with Crippen molar-refractivity contribution in [2.45, 2.75) is 12.6 Å². The average Bonchev–Trinajstić information content (AvgIpc) is 2.11. The van der Waals surface area contributed by atoms with Gasteiger partial charge in [0, 0.05) is 6.54 Å². The molecule has 1 aliphatic rings. The van der Waals surface area contributed by atoms with Crippen molar-refractivity contribution in [2.24, 2.45) is 5.14 Å². The van der Waals surface area contributed by atoms with E-state index in [2.05, 4.69) is 0 Å². The third-order valence-electron chi connectivity index (χ3n) is 1.47. The Balaban J connectivity index is 2.45. The third-order valence-corrected chi connectivity index (χ3v) is 2.57. The Kier molecular flexibility index (Phi) is 2.16. The SMILES string of the molecule is NS(O)(O)N1CCC(F)C1. The summed E-state index contributed by atoms with van der Waals surface area (Å²) in [4.78, 5) is 0. The standard InChI is InChI=1S/C4H11FN2O2S/c5-4-1-2-7(3-4)10(6,8)9/h4,8-9H,1-3,6H2. The number of hydrogen-bond donors (Lipinski definition) is 3. The summed E-state index contributed by atoms with van der Waals surface area (Å²) in [6.45, 7) is 0.374. The average molecular weight is 170 g/mol.